The van der Waals surface area contributed by atoms with Crippen molar-refractivity contribution < 1.29 is 27.8 Å². The predicted molar refractivity (Wildman–Crippen MR) is 69.5 cm³/mol. The van der Waals surface area contributed by atoms with Gasteiger partial charge in [0.2, 0.25) is 10.0 Å². The van der Waals surface area contributed by atoms with E-state index in [2.05, 4.69) is 0 Å². The van der Waals surface area contributed by atoms with Crippen LogP contribution in [-0.4, -0.2) is 36.7 Å². The Balaban J connectivity index is 2.88. The Bertz CT molecular complexity index is 617. The summed E-state index contributed by atoms with van der Waals surface area (Å²) in [5.74, 6) is -1.96. The summed E-state index contributed by atoms with van der Waals surface area (Å²) in [6, 6.07) is 2.74. The zero-order valence-electron chi connectivity index (χ0n) is 10.4. The van der Waals surface area contributed by atoms with E-state index in [1.807, 2.05) is 4.72 Å². The van der Waals surface area contributed by atoms with Crippen LogP contribution < -0.4 is 4.72 Å². The van der Waals surface area contributed by atoms with Crippen LogP contribution in [0.1, 0.15) is 13.3 Å². The molecule has 0 aliphatic heterocycles. The largest absolute Gasteiger partial charge is 0.481 e. The molecule has 20 heavy (non-hydrogen) atoms. The molecule has 6 nitrogen and oxygen atoms in total. The van der Waals surface area contributed by atoms with Crippen molar-refractivity contribution in [1.29, 1.82) is 0 Å². The van der Waals surface area contributed by atoms with Crippen LogP contribution >= 0.6 is 11.6 Å². The zero-order chi connectivity index (χ0) is 15.6. The van der Waals surface area contributed by atoms with Gasteiger partial charge in [0.15, 0.2) is 0 Å². The monoisotopic (exact) mass is 325 g/mol. The summed E-state index contributed by atoms with van der Waals surface area (Å²) >= 11 is 5.63. The van der Waals surface area contributed by atoms with Crippen molar-refractivity contribution in [3.63, 3.8) is 0 Å². The number of carboxylic acid groups (broad SMARTS) is 1. The van der Waals surface area contributed by atoms with Crippen molar-refractivity contribution in [2.75, 3.05) is 6.54 Å². The van der Waals surface area contributed by atoms with Crippen molar-refractivity contribution in [3.8, 4) is 0 Å². The highest BCUT2D eigenvalue weighted by atomic mass is 35.5. The van der Waals surface area contributed by atoms with Gasteiger partial charge in [-0.25, -0.2) is 17.5 Å². The first-order chi connectivity index (χ1) is 9.03. The number of nitrogens with one attached hydrogen (secondary N) is 1. The number of hydrogen-bond acceptors (Lipinski definition) is 4. The number of halogens is 2. The maximum atomic E-state index is 12.8. The molecule has 1 aromatic rings. The number of benzene rings is 1. The van der Waals surface area contributed by atoms with Gasteiger partial charge in [-0.15, -0.1) is 0 Å². The molecule has 0 saturated carbocycles. The van der Waals surface area contributed by atoms with Gasteiger partial charge in [-0.1, -0.05) is 11.6 Å². The third kappa shape index (κ3) is 4.71. The number of rotatable bonds is 6. The van der Waals surface area contributed by atoms with Crippen molar-refractivity contribution in [2.24, 2.45) is 0 Å². The van der Waals surface area contributed by atoms with Crippen molar-refractivity contribution >= 4 is 27.6 Å². The van der Waals surface area contributed by atoms with Crippen LogP contribution in [0.2, 0.25) is 5.02 Å². The number of hydrogen-bond donors (Lipinski definition) is 3. The van der Waals surface area contributed by atoms with Gasteiger partial charge >= 0.3 is 5.97 Å². The molecule has 9 heteroatoms. The maximum Gasteiger partial charge on any atom is 0.306 e. The second-order valence-electron chi connectivity index (χ2n) is 4.47. The molecule has 0 heterocycles. The van der Waals surface area contributed by atoms with E-state index in [4.69, 9.17) is 16.7 Å². The Kier molecular flexibility index (Phi) is 5.09. The highest BCUT2D eigenvalue weighted by Gasteiger charge is 2.27. The quantitative estimate of drug-likeness (QED) is 0.723. The fourth-order valence-corrected chi connectivity index (χ4v) is 3.10. The second kappa shape index (κ2) is 6.04. The molecule has 1 unspecified atom stereocenters. The number of carbonyl (C=O) groups is 1. The smallest absolute Gasteiger partial charge is 0.306 e. The normalized spacial score (nSPS) is 14.8. The van der Waals surface area contributed by atoms with E-state index in [9.17, 15) is 22.7 Å². The molecule has 0 amide bonds. The minimum Gasteiger partial charge on any atom is -0.481 e. The fraction of sp³-hybridized carbons (Fsp3) is 0.364. The van der Waals surface area contributed by atoms with E-state index in [0.29, 0.717) is 0 Å². The number of aliphatic hydroxyl groups is 1. The van der Waals surface area contributed by atoms with Crippen molar-refractivity contribution in [3.05, 3.63) is 29.0 Å². The summed E-state index contributed by atoms with van der Waals surface area (Å²) in [7, 11) is -4.08. The second-order valence-corrected chi connectivity index (χ2v) is 6.61. The van der Waals surface area contributed by atoms with E-state index >= 15 is 0 Å². The van der Waals surface area contributed by atoms with Gasteiger partial charge in [0.05, 0.1) is 17.0 Å². The van der Waals surface area contributed by atoms with Gasteiger partial charge in [0.25, 0.3) is 0 Å². The van der Waals surface area contributed by atoms with E-state index < -0.39 is 40.4 Å². The van der Waals surface area contributed by atoms with Crippen LogP contribution in [0.4, 0.5) is 4.39 Å². The first-order valence-corrected chi connectivity index (χ1v) is 7.28. The molecule has 0 aromatic heterocycles. The summed E-state index contributed by atoms with van der Waals surface area (Å²) in [4.78, 5) is 10.1. The lowest BCUT2D eigenvalue weighted by molar-refractivity contribution is -0.141. The Morgan fingerprint density at radius 2 is 2.10 bits per heavy atom. The van der Waals surface area contributed by atoms with Crippen LogP contribution in [0.15, 0.2) is 23.1 Å². The van der Waals surface area contributed by atoms with Crippen LogP contribution in [0.3, 0.4) is 0 Å². The molecule has 1 aromatic carbocycles. The Morgan fingerprint density at radius 3 is 2.60 bits per heavy atom. The van der Waals surface area contributed by atoms with Gasteiger partial charge in [0.1, 0.15) is 10.7 Å². The van der Waals surface area contributed by atoms with E-state index in [1.54, 1.807) is 0 Å². The molecule has 1 rings (SSSR count). The van der Waals surface area contributed by atoms with Gasteiger partial charge in [-0.2, -0.15) is 0 Å². The van der Waals surface area contributed by atoms with E-state index in [1.165, 1.54) is 6.92 Å². The van der Waals surface area contributed by atoms with E-state index in [-0.39, 0.29) is 9.92 Å². The van der Waals surface area contributed by atoms with Crippen LogP contribution in [0.5, 0.6) is 0 Å². The van der Waals surface area contributed by atoms with Crippen LogP contribution in [0, 0.1) is 5.82 Å². The molecule has 0 spiro atoms. The Morgan fingerprint density at radius 1 is 1.50 bits per heavy atom. The molecule has 112 valence electrons. The molecule has 0 aliphatic rings. The van der Waals surface area contributed by atoms with Crippen LogP contribution in [0.25, 0.3) is 0 Å². The molecule has 0 aliphatic carbocycles. The lowest BCUT2D eigenvalue weighted by Crippen LogP contribution is -2.42. The number of carboxylic acids is 1. The summed E-state index contributed by atoms with van der Waals surface area (Å²) < 4.78 is 38.7. The van der Waals surface area contributed by atoms with Gasteiger partial charge in [-0.3, -0.25) is 4.79 Å². The third-order valence-corrected chi connectivity index (χ3v) is 4.24. The lowest BCUT2D eigenvalue weighted by Gasteiger charge is -2.21. The Hall–Kier alpha value is -1.22. The third-order valence-electron chi connectivity index (χ3n) is 2.36. The first-order valence-electron chi connectivity index (χ1n) is 5.42. The summed E-state index contributed by atoms with van der Waals surface area (Å²) in [5, 5.41) is 18.0. The minimum atomic E-state index is -4.08. The van der Waals surface area contributed by atoms with Crippen LogP contribution in [-0.2, 0) is 14.8 Å². The summed E-state index contributed by atoms with van der Waals surface area (Å²) in [6.45, 7) is 0.658. The van der Waals surface area contributed by atoms with Gasteiger partial charge in [0, 0.05) is 6.54 Å². The zero-order valence-corrected chi connectivity index (χ0v) is 12.0. The maximum absolute atomic E-state index is 12.8. The standard InChI is InChI=1S/C11H13ClFNO5S/c1-11(17,5-10(15)16)6-14-20(18,19)9-3-2-7(13)4-8(9)12/h2-4,14,17H,5-6H2,1H3,(H,15,16). The molecule has 0 bridgehead atoms. The molecule has 3 N–H and O–H groups in total. The molecule has 0 saturated heterocycles. The lowest BCUT2D eigenvalue weighted by atomic mass is 10.0. The molecule has 0 fully saturated rings. The molecule has 1 atom stereocenters. The highest BCUT2D eigenvalue weighted by Crippen LogP contribution is 2.22. The molecular formula is C11H13ClFNO5S. The van der Waals surface area contributed by atoms with Gasteiger partial charge < -0.3 is 10.2 Å². The summed E-state index contributed by atoms with van der Waals surface area (Å²) in [6.07, 6.45) is -0.632. The first kappa shape index (κ1) is 16.8. The van der Waals surface area contributed by atoms with Crippen molar-refractivity contribution in [1.82, 2.24) is 4.72 Å². The number of aliphatic carboxylic acids is 1. The SMILES string of the molecule is CC(O)(CNS(=O)(=O)c1ccc(F)cc1Cl)CC(=O)O. The summed E-state index contributed by atoms with van der Waals surface area (Å²) in [5.41, 5.74) is -1.76. The van der Waals surface area contributed by atoms with Crippen molar-refractivity contribution in [2.45, 2.75) is 23.8 Å². The Labute approximate surface area is 120 Å². The number of sulfonamides is 1. The van der Waals surface area contributed by atoms with E-state index in [0.717, 1.165) is 18.2 Å². The average molecular weight is 326 g/mol. The fourth-order valence-electron chi connectivity index (χ4n) is 1.41. The highest BCUT2D eigenvalue weighted by molar-refractivity contribution is 7.89. The average Bonchev–Trinajstić information content (AvgIpc) is 2.24. The molecule has 0 radical (unpaired) electrons. The van der Waals surface area contributed by atoms with Gasteiger partial charge in [-0.05, 0) is 25.1 Å². The predicted octanol–water partition coefficient (Wildman–Crippen LogP) is 0.983. The molecular weight excluding hydrogens is 313 g/mol. The topological polar surface area (TPSA) is 104 Å². The minimum absolute atomic E-state index is 0.310.